The summed E-state index contributed by atoms with van der Waals surface area (Å²) in [6.45, 7) is 2.70. The smallest absolute Gasteiger partial charge is 0.125 e. The number of hydrogen-bond donors (Lipinski definition) is 1. The van der Waals surface area contributed by atoms with E-state index in [4.69, 9.17) is 11.6 Å². The second-order valence-corrected chi connectivity index (χ2v) is 3.54. The maximum absolute atomic E-state index is 12.7. The number of nitrogens with one attached hydrogen (secondary N) is 1. The molecule has 0 saturated heterocycles. The van der Waals surface area contributed by atoms with Gasteiger partial charge in [0.15, 0.2) is 0 Å². The first-order chi connectivity index (χ1) is 5.65. The van der Waals surface area contributed by atoms with Gasteiger partial charge in [0.25, 0.3) is 0 Å². The Bertz CT molecular complexity index is 267. The van der Waals surface area contributed by atoms with E-state index in [1.165, 1.54) is 12.1 Å². The SMILES string of the molecule is CCNc1c(Cl)cc(F)cc1Br. The molecule has 4 heteroatoms. The van der Waals surface area contributed by atoms with Gasteiger partial charge < -0.3 is 5.32 Å². The Labute approximate surface area is 84.0 Å². The van der Waals surface area contributed by atoms with Crippen molar-refractivity contribution in [1.29, 1.82) is 0 Å². The number of benzene rings is 1. The zero-order chi connectivity index (χ0) is 9.14. The van der Waals surface area contributed by atoms with Crippen LogP contribution in [0.2, 0.25) is 5.02 Å². The summed E-state index contributed by atoms with van der Waals surface area (Å²) in [5.41, 5.74) is 0.737. The van der Waals surface area contributed by atoms with Crippen molar-refractivity contribution in [1.82, 2.24) is 0 Å². The minimum absolute atomic E-state index is 0.339. The molecular weight excluding hydrogens is 244 g/mol. The molecule has 1 aromatic rings. The maximum atomic E-state index is 12.7. The molecule has 0 aliphatic rings. The van der Waals surface area contributed by atoms with Crippen molar-refractivity contribution in [3.8, 4) is 0 Å². The Hall–Kier alpha value is -0.280. The largest absolute Gasteiger partial charge is 0.383 e. The van der Waals surface area contributed by atoms with Crippen LogP contribution in [-0.4, -0.2) is 6.54 Å². The molecule has 1 N–H and O–H groups in total. The van der Waals surface area contributed by atoms with Gasteiger partial charge in [0.1, 0.15) is 5.82 Å². The zero-order valence-corrected chi connectivity index (χ0v) is 8.84. The molecule has 0 amide bonds. The Morgan fingerprint density at radius 2 is 2.25 bits per heavy atom. The second kappa shape index (κ2) is 4.10. The third kappa shape index (κ3) is 2.11. The topological polar surface area (TPSA) is 12.0 Å². The van der Waals surface area contributed by atoms with Crippen molar-refractivity contribution < 1.29 is 4.39 Å². The Balaban J connectivity index is 3.10. The molecule has 0 aliphatic carbocycles. The summed E-state index contributed by atoms with van der Waals surface area (Å²) in [5, 5.41) is 3.42. The monoisotopic (exact) mass is 251 g/mol. The summed E-state index contributed by atoms with van der Waals surface area (Å²) >= 11 is 8.99. The fourth-order valence-corrected chi connectivity index (χ4v) is 1.85. The summed E-state index contributed by atoms with van der Waals surface area (Å²) < 4.78 is 13.4. The van der Waals surface area contributed by atoms with Crippen molar-refractivity contribution in [3.05, 3.63) is 27.4 Å². The standard InChI is InChI=1S/C8H8BrClFN/c1-2-12-8-6(9)3-5(11)4-7(8)10/h3-4,12H,2H2,1H3. The van der Waals surface area contributed by atoms with Gasteiger partial charge in [0.05, 0.1) is 10.7 Å². The van der Waals surface area contributed by atoms with Gasteiger partial charge in [-0.05, 0) is 35.0 Å². The zero-order valence-electron chi connectivity index (χ0n) is 6.50. The molecule has 0 aromatic heterocycles. The fraction of sp³-hybridized carbons (Fsp3) is 0.250. The molecule has 0 aliphatic heterocycles. The summed E-state index contributed by atoms with van der Waals surface area (Å²) in [4.78, 5) is 0. The minimum Gasteiger partial charge on any atom is -0.383 e. The van der Waals surface area contributed by atoms with E-state index in [1.807, 2.05) is 6.92 Å². The molecule has 0 spiro atoms. The van der Waals surface area contributed by atoms with E-state index < -0.39 is 0 Å². The molecule has 0 heterocycles. The predicted octanol–water partition coefficient (Wildman–Crippen LogP) is 3.67. The van der Waals surface area contributed by atoms with Gasteiger partial charge in [-0.3, -0.25) is 0 Å². The Morgan fingerprint density at radius 1 is 1.58 bits per heavy atom. The predicted molar refractivity (Wildman–Crippen MR) is 53.3 cm³/mol. The van der Waals surface area contributed by atoms with Crippen molar-refractivity contribution in [2.24, 2.45) is 0 Å². The van der Waals surface area contributed by atoms with E-state index in [-0.39, 0.29) is 5.82 Å². The molecule has 0 bridgehead atoms. The summed E-state index contributed by atoms with van der Waals surface area (Å²) in [6, 6.07) is 2.66. The number of hydrogen-bond acceptors (Lipinski definition) is 1. The van der Waals surface area contributed by atoms with Crippen LogP contribution >= 0.6 is 27.5 Å². The van der Waals surface area contributed by atoms with Crippen LogP contribution < -0.4 is 5.32 Å². The highest BCUT2D eigenvalue weighted by molar-refractivity contribution is 9.10. The van der Waals surface area contributed by atoms with Crippen molar-refractivity contribution in [3.63, 3.8) is 0 Å². The normalized spacial score (nSPS) is 10.0. The summed E-state index contributed by atoms with van der Waals surface area (Å²) in [6.07, 6.45) is 0. The second-order valence-electron chi connectivity index (χ2n) is 2.27. The lowest BCUT2D eigenvalue weighted by Crippen LogP contribution is -1.98. The number of halogens is 3. The van der Waals surface area contributed by atoms with Crippen LogP contribution in [0, 0.1) is 5.82 Å². The summed E-state index contributed by atoms with van der Waals surface area (Å²) in [7, 11) is 0. The number of rotatable bonds is 2. The van der Waals surface area contributed by atoms with Gasteiger partial charge in [0, 0.05) is 11.0 Å². The fourth-order valence-electron chi connectivity index (χ4n) is 0.888. The maximum Gasteiger partial charge on any atom is 0.125 e. The molecule has 0 unspecified atom stereocenters. The first kappa shape index (κ1) is 9.81. The average molecular weight is 253 g/mol. The third-order valence-electron chi connectivity index (χ3n) is 1.36. The van der Waals surface area contributed by atoms with Gasteiger partial charge in [-0.15, -0.1) is 0 Å². The molecule has 1 nitrogen and oxygen atoms in total. The van der Waals surface area contributed by atoms with E-state index in [2.05, 4.69) is 21.2 Å². The number of anilines is 1. The highest BCUT2D eigenvalue weighted by Gasteiger charge is 2.05. The van der Waals surface area contributed by atoms with Gasteiger partial charge in [0.2, 0.25) is 0 Å². The molecule has 1 aromatic carbocycles. The molecule has 66 valence electrons. The van der Waals surface area contributed by atoms with E-state index in [9.17, 15) is 4.39 Å². The molecule has 0 atom stereocenters. The molecule has 1 rings (SSSR count). The molecule has 12 heavy (non-hydrogen) atoms. The van der Waals surface area contributed by atoms with Crippen LogP contribution in [0.1, 0.15) is 6.92 Å². The average Bonchev–Trinajstić information content (AvgIpc) is 1.96. The van der Waals surface area contributed by atoms with Crippen LogP contribution in [0.5, 0.6) is 0 Å². The highest BCUT2D eigenvalue weighted by Crippen LogP contribution is 2.31. The van der Waals surface area contributed by atoms with E-state index in [0.29, 0.717) is 9.50 Å². The van der Waals surface area contributed by atoms with Crippen LogP contribution in [0.4, 0.5) is 10.1 Å². The van der Waals surface area contributed by atoms with Gasteiger partial charge in [-0.25, -0.2) is 4.39 Å². The van der Waals surface area contributed by atoms with Crippen LogP contribution in [0.3, 0.4) is 0 Å². The quantitative estimate of drug-likeness (QED) is 0.847. The first-order valence-corrected chi connectivity index (χ1v) is 4.70. The van der Waals surface area contributed by atoms with Crippen molar-refractivity contribution >= 4 is 33.2 Å². The summed E-state index contributed by atoms with van der Waals surface area (Å²) in [5.74, 6) is -0.339. The van der Waals surface area contributed by atoms with E-state index in [0.717, 1.165) is 12.2 Å². The molecule has 0 saturated carbocycles. The molecular formula is C8H8BrClFN. The highest BCUT2D eigenvalue weighted by atomic mass is 79.9. The van der Waals surface area contributed by atoms with Gasteiger partial charge in [-0.1, -0.05) is 11.6 Å². The van der Waals surface area contributed by atoms with E-state index in [1.54, 1.807) is 0 Å². The Morgan fingerprint density at radius 3 is 2.75 bits per heavy atom. The van der Waals surface area contributed by atoms with Gasteiger partial charge in [-0.2, -0.15) is 0 Å². The molecule has 0 radical (unpaired) electrons. The van der Waals surface area contributed by atoms with Gasteiger partial charge >= 0.3 is 0 Å². The molecule has 0 fully saturated rings. The first-order valence-electron chi connectivity index (χ1n) is 3.53. The van der Waals surface area contributed by atoms with Crippen LogP contribution in [-0.2, 0) is 0 Å². The Kier molecular flexibility index (Phi) is 3.35. The lowest BCUT2D eigenvalue weighted by atomic mass is 10.3. The minimum atomic E-state index is -0.339. The van der Waals surface area contributed by atoms with Crippen LogP contribution in [0.25, 0.3) is 0 Å². The third-order valence-corrected chi connectivity index (χ3v) is 2.28. The van der Waals surface area contributed by atoms with Crippen LogP contribution in [0.15, 0.2) is 16.6 Å². The van der Waals surface area contributed by atoms with Crippen molar-refractivity contribution in [2.45, 2.75) is 6.92 Å². The lowest BCUT2D eigenvalue weighted by molar-refractivity contribution is 0.627. The lowest BCUT2D eigenvalue weighted by Gasteiger charge is -2.07. The van der Waals surface area contributed by atoms with E-state index >= 15 is 0 Å². The van der Waals surface area contributed by atoms with Crippen molar-refractivity contribution in [2.75, 3.05) is 11.9 Å².